The van der Waals surface area contributed by atoms with E-state index in [4.69, 9.17) is 9.47 Å². The van der Waals surface area contributed by atoms with Crippen LogP contribution in [-0.4, -0.2) is 28.0 Å². The first-order valence-corrected chi connectivity index (χ1v) is 8.27. The van der Waals surface area contributed by atoms with Gasteiger partial charge in [-0.15, -0.1) is 0 Å². The molecule has 1 heterocycles. The summed E-state index contributed by atoms with van der Waals surface area (Å²) in [4.78, 5) is 0. The molecule has 0 aliphatic heterocycles. The van der Waals surface area contributed by atoms with Gasteiger partial charge in [0.1, 0.15) is 12.2 Å². The van der Waals surface area contributed by atoms with Crippen LogP contribution in [0, 0.1) is 0 Å². The van der Waals surface area contributed by atoms with Crippen molar-refractivity contribution in [3.05, 3.63) is 89.7 Å². The lowest BCUT2D eigenvalue weighted by atomic mass is 10.1. The predicted octanol–water partition coefficient (Wildman–Crippen LogP) is 3.25. The van der Waals surface area contributed by atoms with Crippen LogP contribution >= 0.6 is 0 Å². The molecule has 0 saturated heterocycles. The number of aromatic amines is 1. The average molecular weight is 338 g/mol. The number of H-pyrrole nitrogens is 1. The molecular formula is C20H22N2O3. The highest BCUT2D eigenvalue weighted by Gasteiger charge is 2.25. The van der Waals surface area contributed by atoms with E-state index < -0.39 is 12.2 Å². The zero-order valence-corrected chi connectivity index (χ0v) is 13.9. The van der Waals surface area contributed by atoms with Crippen LogP contribution in [0.3, 0.4) is 0 Å². The molecule has 0 aliphatic carbocycles. The van der Waals surface area contributed by atoms with Crippen LogP contribution in [0.15, 0.2) is 73.1 Å². The second-order valence-electron chi connectivity index (χ2n) is 5.77. The monoisotopic (exact) mass is 338 g/mol. The lowest BCUT2D eigenvalue weighted by Gasteiger charge is -2.25. The standard InChI is InChI=1S/C20H22N2O3/c23-13-19(24-14-16-7-3-1-4-8-16)20(18-11-21-22-12-18)25-15-17-9-5-2-6-10-17/h1-12,19-20,23H,13-15H2,(H,21,22)/t19-,20-/m1/s1. The van der Waals surface area contributed by atoms with Crippen LogP contribution < -0.4 is 0 Å². The van der Waals surface area contributed by atoms with Crippen molar-refractivity contribution in [3.63, 3.8) is 0 Å². The van der Waals surface area contributed by atoms with E-state index in [1.165, 1.54) is 0 Å². The summed E-state index contributed by atoms with van der Waals surface area (Å²) in [6.07, 6.45) is 2.57. The quantitative estimate of drug-likeness (QED) is 0.628. The highest BCUT2D eigenvalue weighted by Crippen LogP contribution is 2.25. The Kier molecular flexibility index (Phi) is 6.34. The summed E-state index contributed by atoms with van der Waals surface area (Å²) < 4.78 is 12.0. The molecule has 1 aromatic heterocycles. The molecular weight excluding hydrogens is 316 g/mol. The highest BCUT2D eigenvalue weighted by atomic mass is 16.5. The van der Waals surface area contributed by atoms with Crippen LogP contribution in [0.2, 0.25) is 0 Å². The maximum absolute atomic E-state index is 9.83. The molecule has 5 heteroatoms. The number of benzene rings is 2. The van der Waals surface area contributed by atoms with E-state index >= 15 is 0 Å². The second kappa shape index (κ2) is 9.13. The molecule has 0 spiro atoms. The second-order valence-corrected chi connectivity index (χ2v) is 5.77. The number of aliphatic hydroxyl groups is 1. The van der Waals surface area contributed by atoms with Gasteiger partial charge in [-0.1, -0.05) is 60.7 Å². The number of hydrogen-bond donors (Lipinski definition) is 2. The number of nitrogens with zero attached hydrogens (tertiary/aromatic N) is 1. The van der Waals surface area contributed by atoms with E-state index in [0.29, 0.717) is 13.2 Å². The van der Waals surface area contributed by atoms with Gasteiger partial charge in [0, 0.05) is 11.8 Å². The molecule has 2 N–H and O–H groups in total. The highest BCUT2D eigenvalue weighted by molar-refractivity contribution is 5.15. The minimum Gasteiger partial charge on any atom is -0.394 e. The molecule has 0 radical (unpaired) electrons. The number of aliphatic hydroxyl groups excluding tert-OH is 1. The number of aromatic nitrogens is 2. The Morgan fingerprint density at radius 2 is 1.48 bits per heavy atom. The Labute approximate surface area is 147 Å². The van der Waals surface area contributed by atoms with Crippen LogP contribution in [0.1, 0.15) is 22.8 Å². The molecule has 3 aromatic rings. The molecule has 0 saturated carbocycles. The van der Waals surface area contributed by atoms with E-state index in [9.17, 15) is 5.11 Å². The molecule has 2 atom stereocenters. The summed E-state index contributed by atoms with van der Waals surface area (Å²) in [6, 6.07) is 19.8. The number of hydrogen-bond acceptors (Lipinski definition) is 4. The fourth-order valence-electron chi connectivity index (χ4n) is 2.61. The minimum absolute atomic E-state index is 0.141. The summed E-state index contributed by atoms with van der Waals surface area (Å²) in [7, 11) is 0. The Morgan fingerprint density at radius 3 is 2.00 bits per heavy atom. The van der Waals surface area contributed by atoms with Gasteiger partial charge in [0.2, 0.25) is 0 Å². The molecule has 0 fully saturated rings. The molecule has 130 valence electrons. The molecule has 0 aliphatic rings. The molecule has 5 nitrogen and oxygen atoms in total. The first kappa shape index (κ1) is 17.4. The average Bonchev–Trinajstić information content (AvgIpc) is 3.20. The minimum atomic E-state index is -0.485. The first-order chi connectivity index (χ1) is 12.4. The molecule has 0 bridgehead atoms. The van der Waals surface area contributed by atoms with Crippen LogP contribution in [-0.2, 0) is 22.7 Å². The normalized spacial score (nSPS) is 13.5. The number of ether oxygens (including phenoxy) is 2. The predicted molar refractivity (Wildman–Crippen MR) is 94.7 cm³/mol. The van der Waals surface area contributed by atoms with Crippen molar-refractivity contribution >= 4 is 0 Å². The fourth-order valence-corrected chi connectivity index (χ4v) is 2.61. The van der Waals surface area contributed by atoms with Gasteiger partial charge in [-0.2, -0.15) is 5.10 Å². The Bertz CT molecular complexity index is 717. The van der Waals surface area contributed by atoms with Crippen molar-refractivity contribution in [2.24, 2.45) is 0 Å². The summed E-state index contributed by atoms with van der Waals surface area (Å²) in [5.41, 5.74) is 2.97. The van der Waals surface area contributed by atoms with E-state index in [2.05, 4.69) is 10.2 Å². The van der Waals surface area contributed by atoms with Crippen LogP contribution in [0.5, 0.6) is 0 Å². The van der Waals surface area contributed by atoms with Gasteiger partial charge in [-0.05, 0) is 11.1 Å². The molecule has 0 amide bonds. The van der Waals surface area contributed by atoms with Gasteiger partial charge in [0.05, 0.1) is 26.0 Å². The third kappa shape index (κ3) is 5.00. The largest absolute Gasteiger partial charge is 0.394 e. The van der Waals surface area contributed by atoms with Crippen molar-refractivity contribution in [3.8, 4) is 0 Å². The third-order valence-corrected chi connectivity index (χ3v) is 3.94. The van der Waals surface area contributed by atoms with E-state index in [1.54, 1.807) is 12.4 Å². The third-order valence-electron chi connectivity index (χ3n) is 3.94. The SMILES string of the molecule is OC[C@@H](OCc1ccccc1)[C@H](OCc1ccccc1)c1cn[nH]c1. The lowest BCUT2D eigenvalue weighted by Crippen LogP contribution is -2.28. The van der Waals surface area contributed by atoms with Crippen molar-refractivity contribution < 1.29 is 14.6 Å². The number of nitrogens with one attached hydrogen (secondary N) is 1. The van der Waals surface area contributed by atoms with E-state index in [1.807, 2.05) is 60.7 Å². The van der Waals surface area contributed by atoms with Crippen LogP contribution in [0.4, 0.5) is 0 Å². The maximum atomic E-state index is 9.83. The lowest BCUT2D eigenvalue weighted by molar-refractivity contribution is -0.106. The maximum Gasteiger partial charge on any atom is 0.114 e. The Balaban J connectivity index is 1.68. The molecule has 0 unspecified atom stereocenters. The van der Waals surface area contributed by atoms with Gasteiger partial charge in [-0.3, -0.25) is 5.10 Å². The van der Waals surface area contributed by atoms with Crippen molar-refractivity contribution in [1.29, 1.82) is 0 Å². The first-order valence-electron chi connectivity index (χ1n) is 8.27. The van der Waals surface area contributed by atoms with Gasteiger partial charge in [-0.25, -0.2) is 0 Å². The van der Waals surface area contributed by atoms with Crippen LogP contribution in [0.25, 0.3) is 0 Å². The van der Waals surface area contributed by atoms with Crippen molar-refractivity contribution in [2.75, 3.05) is 6.61 Å². The molecule has 25 heavy (non-hydrogen) atoms. The summed E-state index contributed by atoms with van der Waals surface area (Å²) >= 11 is 0. The summed E-state index contributed by atoms with van der Waals surface area (Å²) in [5, 5.41) is 16.6. The Morgan fingerprint density at radius 1 is 0.880 bits per heavy atom. The van der Waals surface area contributed by atoms with Gasteiger partial charge >= 0.3 is 0 Å². The topological polar surface area (TPSA) is 67.4 Å². The number of rotatable bonds is 9. The summed E-state index contributed by atoms with van der Waals surface area (Å²) in [5.74, 6) is 0. The summed E-state index contributed by atoms with van der Waals surface area (Å²) in [6.45, 7) is 0.703. The van der Waals surface area contributed by atoms with Crippen molar-refractivity contribution in [2.45, 2.75) is 25.4 Å². The molecule has 2 aromatic carbocycles. The Hall–Kier alpha value is -2.47. The van der Waals surface area contributed by atoms with E-state index in [0.717, 1.165) is 16.7 Å². The van der Waals surface area contributed by atoms with Gasteiger partial charge in [0.25, 0.3) is 0 Å². The van der Waals surface area contributed by atoms with E-state index in [-0.39, 0.29) is 6.61 Å². The zero-order chi connectivity index (χ0) is 17.3. The van der Waals surface area contributed by atoms with Gasteiger partial charge in [0.15, 0.2) is 0 Å². The zero-order valence-electron chi connectivity index (χ0n) is 13.9. The smallest absolute Gasteiger partial charge is 0.114 e. The fraction of sp³-hybridized carbons (Fsp3) is 0.250. The van der Waals surface area contributed by atoms with Crippen molar-refractivity contribution in [1.82, 2.24) is 10.2 Å². The molecule has 3 rings (SSSR count). The van der Waals surface area contributed by atoms with Gasteiger partial charge < -0.3 is 14.6 Å².